The van der Waals surface area contributed by atoms with Gasteiger partial charge in [-0.3, -0.25) is 9.36 Å². The van der Waals surface area contributed by atoms with E-state index in [0.29, 0.717) is 52.5 Å². The number of aryl methyl sites for hydroxylation is 3. The third-order valence-electron chi connectivity index (χ3n) is 6.68. The van der Waals surface area contributed by atoms with Crippen molar-refractivity contribution in [3.05, 3.63) is 64.2 Å². The van der Waals surface area contributed by atoms with Gasteiger partial charge in [-0.1, -0.05) is 25.1 Å². The Morgan fingerprint density at radius 3 is 2.34 bits per heavy atom. The Kier molecular flexibility index (Phi) is 5.88. The minimum atomic E-state index is -0.0682. The molecule has 2 aromatic carbocycles. The zero-order valence-electron chi connectivity index (χ0n) is 20.7. The molecule has 0 fully saturated rings. The summed E-state index contributed by atoms with van der Waals surface area (Å²) in [6.07, 6.45) is 1.53. The van der Waals surface area contributed by atoms with Crippen LogP contribution in [0.5, 0.6) is 11.5 Å². The van der Waals surface area contributed by atoms with E-state index < -0.39 is 0 Å². The second kappa shape index (κ2) is 9.02. The standard InChI is InChI=1S/C27H29N5O3/c1-6-16(2)32-17(3)28-25-23(27(32)33)24-26(30-20-10-8-7-9-19(20)29-24)31(25)14-13-18-11-12-21(34-4)22(15-18)35-5/h7-12,15-16H,6,13-14H2,1-5H3. The maximum atomic E-state index is 13.8. The molecular weight excluding hydrogens is 442 g/mol. The Morgan fingerprint density at radius 1 is 0.943 bits per heavy atom. The molecule has 0 aliphatic rings. The van der Waals surface area contributed by atoms with Crippen LogP contribution >= 0.6 is 0 Å². The van der Waals surface area contributed by atoms with Crippen LogP contribution in [0.25, 0.3) is 33.2 Å². The molecule has 5 aromatic rings. The minimum Gasteiger partial charge on any atom is -0.493 e. The quantitative estimate of drug-likeness (QED) is 0.338. The highest BCUT2D eigenvalue weighted by Gasteiger charge is 2.22. The fraction of sp³-hybridized carbons (Fsp3) is 0.333. The Bertz CT molecular complexity index is 1620. The van der Waals surface area contributed by atoms with Gasteiger partial charge in [0.2, 0.25) is 0 Å². The van der Waals surface area contributed by atoms with E-state index in [1.807, 2.05) is 60.9 Å². The molecule has 180 valence electrons. The Hall–Kier alpha value is -3.94. The van der Waals surface area contributed by atoms with Crippen LogP contribution in [0.15, 0.2) is 47.3 Å². The molecule has 8 nitrogen and oxygen atoms in total. The molecule has 5 rings (SSSR count). The highest BCUT2D eigenvalue weighted by atomic mass is 16.5. The molecule has 0 aliphatic heterocycles. The Labute approximate surface area is 203 Å². The lowest BCUT2D eigenvalue weighted by Crippen LogP contribution is -2.26. The molecule has 35 heavy (non-hydrogen) atoms. The first-order valence-electron chi connectivity index (χ1n) is 11.9. The summed E-state index contributed by atoms with van der Waals surface area (Å²) in [5.74, 6) is 2.06. The molecule has 0 N–H and O–H groups in total. The van der Waals surface area contributed by atoms with Gasteiger partial charge in [-0.15, -0.1) is 0 Å². The van der Waals surface area contributed by atoms with E-state index in [4.69, 9.17) is 24.4 Å². The molecule has 3 aromatic heterocycles. The van der Waals surface area contributed by atoms with Crippen molar-refractivity contribution in [1.82, 2.24) is 24.1 Å². The molecule has 0 saturated heterocycles. The summed E-state index contributed by atoms with van der Waals surface area (Å²) in [6, 6.07) is 13.7. The molecule has 0 spiro atoms. The van der Waals surface area contributed by atoms with Crippen molar-refractivity contribution < 1.29 is 9.47 Å². The molecule has 0 radical (unpaired) electrons. The average Bonchev–Trinajstić information content (AvgIpc) is 3.17. The maximum absolute atomic E-state index is 13.8. The molecular formula is C27H29N5O3. The van der Waals surface area contributed by atoms with Gasteiger partial charge in [-0.2, -0.15) is 0 Å². The van der Waals surface area contributed by atoms with Crippen molar-refractivity contribution in [2.75, 3.05) is 14.2 Å². The van der Waals surface area contributed by atoms with Crippen molar-refractivity contribution in [2.45, 2.75) is 46.2 Å². The zero-order chi connectivity index (χ0) is 24.7. The lowest BCUT2D eigenvalue weighted by Gasteiger charge is -2.16. The second-order valence-electron chi connectivity index (χ2n) is 8.77. The molecule has 0 amide bonds. The maximum Gasteiger partial charge on any atom is 0.265 e. The lowest BCUT2D eigenvalue weighted by atomic mass is 10.1. The van der Waals surface area contributed by atoms with Gasteiger partial charge in [0.15, 0.2) is 22.8 Å². The number of fused-ring (bicyclic) bond motifs is 4. The molecule has 1 unspecified atom stereocenters. The smallest absolute Gasteiger partial charge is 0.265 e. The number of rotatable bonds is 7. The van der Waals surface area contributed by atoms with Crippen LogP contribution in [0.4, 0.5) is 0 Å². The number of hydrogen-bond acceptors (Lipinski definition) is 6. The number of aromatic nitrogens is 5. The predicted octanol–water partition coefficient (Wildman–Crippen LogP) is 4.83. The van der Waals surface area contributed by atoms with Crippen LogP contribution in [0, 0.1) is 6.92 Å². The number of methoxy groups -OCH3 is 2. The van der Waals surface area contributed by atoms with E-state index in [-0.39, 0.29) is 11.6 Å². The number of benzene rings is 2. The van der Waals surface area contributed by atoms with Gasteiger partial charge in [0.05, 0.1) is 25.3 Å². The van der Waals surface area contributed by atoms with Gasteiger partial charge >= 0.3 is 0 Å². The van der Waals surface area contributed by atoms with Gasteiger partial charge in [0, 0.05) is 12.6 Å². The van der Waals surface area contributed by atoms with E-state index >= 15 is 0 Å². The van der Waals surface area contributed by atoms with Gasteiger partial charge < -0.3 is 14.0 Å². The topological polar surface area (TPSA) is 84.1 Å². The molecule has 1 atom stereocenters. The minimum absolute atomic E-state index is 0.0398. The largest absolute Gasteiger partial charge is 0.493 e. The van der Waals surface area contributed by atoms with Crippen molar-refractivity contribution in [1.29, 1.82) is 0 Å². The average molecular weight is 472 g/mol. The van der Waals surface area contributed by atoms with E-state index in [1.54, 1.807) is 18.8 Å². The van der Waals surface area contributed by atoms with E-state index in [1.165, 1.54) is 0 Å². The third kappa shape index (κ3) is 3.79. The van der Waals surface area contributed by atoms with E-state index in [9.17, 15) is 4.79 Å². The summed E-state index contributed by atoms with van der Waals surface area (Å²) in [4.78, 5) is 28.5. The first kappa shape index (κ1) is 22.8. The van der Waals surface area contributed by atoms with Gasteiger partial charge in [-0.25, -0.2) is 15.0 Å². The summed E-state index contributed by atoms with van der Waals surface area (Å²) in [7, 11) is 3.25. The monoisotopic (exact) mass is 471 g/mol. The Balaban J connectivity index is 1.72. The molecule has 3 heterocycles. The van der Waals surface area contributed by atoms with E-state index in [2.05, 4.69) is 6.92 Å². The zero-order valence-corrected chi connectivity index (χ0v) is 20.7. The summed E-state index contributed by atoms with van der Waals surface area (Å²) >= 11 is 0. The molecule has 0 bridgehead atoms. The highest BCUT2D eigenvalue weighted by Crippen LogP contribution is 2.29. The summed E-state index contributed by atoms with van der Waals surface area (Å²) in [5.41, 5.74) is 4.45. The fourth-order valence-electron chi connectivity index (χ4n) is 4.67. The molecule has 0 saturated carbocycles. The summed E-state index contributed by atoms with van der Waals surface area (Å²) < 4.78 is 14.6. The van der Waals surface area contributed by atoms with Crippen LogP contribution in [0.3, 0.4) is 0 Å². The Morgan fingerprint density at radius 2 is 1.66 bits per heavy atom. The van der Waals surface area contributed by atoms with Gasteiger partial charge in [0.1, 0.15) is 16.7 Å². The highest BCUT2D eigenvalue weighted by molar-refractivity contribution is 6.04. The third-order valence-corrected chi connectivity index (χ3v) is 6.68. The number of nitrogens with zero attached hydrogens (tertiary/aromatic N) is 5. The SMILES string of the molecule is CCC(C)n1c(C)nc2c(c1=O)c1nc3ccccc3nc1n2CCc1ccc(OC)c(OC)c1. The molecule has 8 heteroatoms. The van der Waals surface area contributed by atoms with Crippen molar-refractivity contribution in [2.24, 2.45) is 0 Å². The predicted molar refractivity (Wildman–Crippen MR) is 138 cm³/mol. The van der Waals surface area contributed by atoms with Gasteiger partial charge in [0.25, 0.3) is 5.56 Å². The fourth-order valence-corrected chi connectivity index (χ4v) is 4.67. The normalized spacial score (nSPS) is 12.5. The summed E-state index contributed by atoms with van der Waals surface area (Å²) in [5, 5.41) is 0.525. The van der Waals surface area contributed by atoms with Crippen molar-refractivity contribution in [3.8, 4) is 11.5 Å². The van der Waals surface area contributed by atoms with Crippen molar-refractivity contribution >= 4 is 33.2 Å². The van der Waals surface area contributed by atoms with Crippen LogP contribution in [-0.2, 0) is 13.0 Å². The second-order valence-corrected chi connectivity index (χ2v) is 8.77. The number of hydrogen-bond donors (Lipinski definition) is 0. The number of para-hydroxylation sites is 2. The first-order chi connectivity index (χ1) is 17.0. The number of ether oxygens (including phenoxy) is 2. The van der Waals surface area contributed by atoms with Crippen LogP contribution < -0.4 is 15.0 Å². The van der Waals surface area contributed by atoms with Crippen molar-refractivity contribution in [3.63, 3.8) is 0 Å². The van der Waals surface area contributed by atoms with Crippen LogP contribution in [-0.4, -0.2) is 38.3 Å². The van der Waals surface area contributed by atoms with Crippen LogP contribution in [0.1, 0.15) is 37.7 Å². The summed E-state index contributed by atoms with van der Waals surface area (Å²) in [6.45, 7) is 6.59. The molecule has 0 aliphatic carbocycles. The van der Waals surface area contributed by atoms with E-state index in [0.717, 1.165) is 23.0 Å². The first-order valence-corrected chi connectivity index (χ1v) is 11.9. The lowest BCUT2D eigenvalue weighted by molar-refractivity contribution is 0.354. The van der Waals surface area contributed by atoms with Crippen LogP contribution in [0.2, 0.25) is 0 Å². The van der Waals surface area contributed by atoms with Gasteiger partial charge in [-0.05, 0) is 56.5 Å².